The molecule has 0 unspecified atom stereocenters. The quantitative estimate of drug-likeness (QED) is 0.440. The first-order chi connectivity index (χ1) is 17.4. The molecular weight excluding hydrogens is 454 g/mol. The molecule has 7 nitrogen and oxygen atoms in total. The molecule has 36 heavy (non-hydrogen) atoms. The maximum absolute atomic E-state index is 13.2. The van der Waals surface area contributed by atoms with Crippen LogP contribution >= 0.6 is 0 Å². The van der Waals surface area contributed by atoms with E-state index in [4.69, 9.17) is 9.26 Å². The minimum Gasteiger partial charge on any atom is -0.490 e. The number of amides is 2. The molecule has 2 aromatic carbocycles. The molecule has 7 heteroatoms. The molecule has 1 saturated heterocycles. The van der Waals surface area contributed by atoms with E-state index in [1.165, 1.54) is 0 Å². The number of carbonyl (C=O) groups is 2. The first-order valence-corrected chi connectivity index (χ1v) is 12.6. The van der Waals surface area contributed by atoms with Crippen molar-refractivity contribution in [2.75, 3.05) is 20.1 Å². The smallest absolute Gasteiger partial charge is 0.223 e. The van der Waals surface area contributed by atoms with Crippen molar-refractivity contribution in [2.45, 2.75) is 52.2 Å². The monoisotopic (exact) mass is 489 g/mol. The van der Waals surface area contributed by atoms with Gasteiger partial charge in [0.25, 0.3) is 0 Å². The zero-order valence-electron chi connectivity index (χ0n) is 21.4. The average molecular weight is 490 g/mol. The van der Waals surface area contributed by atoms with Gasteiger partial charge in [0, 0.05) is 57.4 Å². The number of rotatable bonds is 9. The van der Waals surface area contributed by atoms with Crippen LogP contribution in [-0.4, -0.2) is 53.0 Å². The SMILES string of the molecule is Cc1noc(C)c1CCC(=O)N1CC[C@H](Oc2ccccc2)[C@@H](CC(=O)N(C)Cc2ccccc2)C1. The van der Waals surface area contributed by atoms with Gasteiger partial charge in [-0.2, -0.15) is 0 Å². The lowest BCUT2D eigenvalue weighted by atomic mass is 9.90. The van der Waals surface area contributed by atoms with E-state index >= 15 is 0 Å². The number of hydrogen-bond donors (Lipinski definition) is 0. The van der Waals surface area contributed by atoms with Crippen LogP contribution < -0.4 is 4.74 Å². The van der Waals surface area contributed by atoms with Gasteiger partial charge in [-0.25, -0.2) is 0 Å². The Morgan fingerprint density at radius 1 is 1.08 bits per heavy atom. The van der Waals surface area contributed by atoms with Crippen LogP contribution in [0.3, 0.4) is 0 Å². The van der Waals surface area contributed by atoms with Crippen LogP contribution in [0.5, 0.6) is 5.75 Å². The summed E-state index contributed by atoms with van der Waals surface area (Å²) in [6, 6.07) is 19.7. The van der Waals surface area contributed by atoms with Gasteiger partial charge in [0.1, 0.15) is 17.6 Å². The Kier molecular flexibility index (Phi) is 8.41. The first kappa shape index (κ1) is 25.5. The normalized spacial score (nSPS) is 17.6. The summed E-state index contributed by atoms with van der Waals surface area (Å²) >= 11 is 0. The Balaban J connectivity index is 1.41. The molecule has 2 atom stereocenters. The molecule has 0 radical (unpaired) electrons. The summed E-state index contributed by atoms with van der Waals surface area (Å²) in [6.45, 7) is 5.44. The Morgan fingerprint density at radius 3 is 2.44 bits per heavy atom. The van der Waals surface area contributed by atoms with Crippen LogP contribution in [0.1, 0.15) is 41.8 Å². The van der Waals surface area contributed by atoms with Gasteiger partial charge in [-0.1, -0.05) is 53.7 Å². The van der Waals surface area contributed by atoms with Crippen molar-refractivity contribution in [1.82, 2.24) is 15.0 Å². The van der Waals surface area contributed by atoms with E-state index in [2.05, 4.69) is 5.16 Å². The number of nitrogens with zero attached hydrogens (tertiary/aromatic N) is 3. The fraction of sp³-hybridized carbons (Fsp3) is 0.414. The number of ether oxygens (including phenoxy) is 1. The van der Waals surface area contributed by atoms with Crippen molar-refractivity contribution in [1.29, 1.82) is 0 Å². The number of piperidine rings is 1. The van der Waals surface area contributed by atoms with Crippen LogP contribution in [0, 0.1) is 19.8 Å². The highest BCUT2D eigenvalue weighted by atomic mass is 16.5. The number of aromatic nitrogens is 1. The highest BCUT2D eigenvalue weighted by Crippen LogP contribution is 2.27. The largest absolute Gasteiger partial charge is 0.490 e. The van der Waals surface area contributed by atoms with Crippen LogP contribution in [0.15, 0.2) is 65.2 Å². The van der Waals surface area contributed by atoms with Gasteiger partial charge in [-0.3, -0.25) is 9.59 Å². The van der Waals surface area contributed by atoms with Gasteiger partial charge < -0.3 is 19.1 Å². The Labute approximate surface area is 213 Å². The van der Waals surface area contributed by atoms with Gasteiger partial charge >= 0.3 is 0 Å². The lowest BCUT2D eigenvalue weighted by Crippen LogP contribution is -2.49. The van der Waals surface area contributed by atoms with E-state index in [1.54, 1.807) is 4.90 Å². The van der Waals surface area contributed by atoms with Crippen LogP contribution in [0.4, 0.5) is 0 Å². The van der Waals surface area contributed by atoms with Crippen molar-refractivity contribution in [3.63, 3.8) is 0 Å². The van der Waals surface area contributed by atoms with E-state index in [-0.39, 0.29) is 23.8 Å². The summed E-state index contributed by atoms with van der Waals surface area (Å²) in [5.41, 5.74) is 2.92. The van der Waals surface area contributed by atoms with Crippen molar-refractivity contribution < 1.29 is 18.8 Å². The van der Waals surface area contributed by atoms with Gasteiger partial charge in [0.05, 0.1) is 5.69 Å². The number of benzene rings is 2. The molecule has 0 spiro atoms. The van der Waals surface area contributed by atoms with Crippen molar-refractivity contribution in [3.8, 4) is 5.75 Å². The molecular formula is C29H35N3O4. The Morgan fingerprint density at radius 2 is 1.78 bits per heavy atom. The number of hydrogen-bond acceptors (Lipinski definition) is 5. The molecule has 0 bridgehead atoms. The third kappa shape index (κ3) is 6.53. The minimum atomic E-state index is -0.131. The highest BCUT2D eigenvalue weighted by Gasteiger charge is 2.35. The Bertz CT molecular complexity index is 1130. The maximum atomic E-state index is 13.2. The zero-order chi connectivity index (χ0) is 25.5. The van der Waals surface area contributed by atoms with Crippen LogP contribution in [0.25, 0.3) is 0 Å². The molecule has 3 aromatic rings. The summed E-state index contributed by atoms with van der Waals surface area (Å²) in [4.78, 5) is 30.0. The molecule has 2 heterocycles. The second-order valence-corrected chi connectivity index (χ2v) is 9.60. The topological polar surface area (TPSA) is 75.9 Å². The summed E-state index contributed by atoms with van der Waals surface area (Å²) in [7, 11) is 1.83. The van der Waals surface area contributed by atoms with Gasteiger partial charge in [-0.05, 0) is 38.0 Å². The lowest BCUT2D eigenvalue weighted by Gasteiger charge is -2.39. The molecule has 1 fully saturated rings. The molecule has 1 aliphatic rings. The third-order valence-corrected chi connectivity index (χ3v) is 6.94. The van der Waals surface area contributed by atoms with Crippen LogP contribution in [-0.2, 0) is 22.6 Å². The minimum absolute atomic E-state index is 0.0514. The molecule has 1 aromatic heterocycles. The lowest BCUT2D eigenvalue weighted by molar-refractivity contribution is -0.138. The van der Waals surface area contributed by atoms with Crippen molar-refractivity contribution >= 4 is 11.8 Å². The zero-order valence-corrected chi connectivity index (χ0v) is 21.4. The fourth-order valence-electron chi connectivity index (χ4n) is 4.84. The summed E-state index contributed by atoms with van der Waals surface area (Å²) in [5.74, 6) is 1.60. The molecule has 2 amide bonds. The van der Waals surface area contributed by atoms with Gasteiger partial charge in [0.2, 0.25) is 11.8 Å². The maximum Gasteiger partial charge on any atom is 0.223 e. The molecule has 4 rings (SSSR count). The summed E-state index contributed by atoms with van der Waals surface area (Å²) in [5, 5.41) is 3.99. The predicted octanol–water partition coefficient (Wildman–Crippen LogP) is 4.57. The van der Waals surface area contributed by atoms with E-state index in [9.17, 15) is 9.59 Å². The second kappa shape index (κ2) is 11.9. The van der Waals surface area contributed by atoms with E-state index in [0.717, 1.165) is 28.3 Å². The number of carbonyl (C=O) groups excluding carboxylic acids is 2. The van der Waals surface area contributed by atoms with E-state index in [1.807, 2.05) is 86.5 Å². The van der Waals surface area contributed by atoms with Crippen LogP contribution in [0.2, 0.25) is 0 Å². The average Bonchev–Trinajstić information content (AvgIpc) is 3.21. The molecule has 190 valence electrons. The van der Waals surface area contributed by atoms with Crippen molar-refractivity contribution in [2.24, 2.45) is 5.92 Å². The standard InChI is InChI=1S/C29H35N3O4/c1-21-26(22(2)36-30-21)14-15-28(33)32-17-16-27(35-25-12-8-5-9-13-25)24(20-32)18-29(34)31(3)19-23-10-6-4-7-11-23/h4-13,24,27H,14-20H2,1-3H3/t24-,27-/m0/s1. The van der Waals surface area contributed by atoms with E-state index < -0.39 is 0 Å². The number of likely N-dealkylation sites (tertiary alicyclic amines) is 1. The van der Waals surface area contributed by atoms with Gasteiger partial charge in [0.15, 0.2) is 0 Å². The molecule has 1 aliphatic heterocycles. The molecule has 0 saturated carbocycles. The number of para-hydroxylation sites is 1. The summed E-state index contributed by atoms with van der Waals surface area (Å²) < 4.78 is 11.6. The fourth-order valence-corrected chi connectivity index (χ4v) is 4.84. The third-order valence-electron chi connectivity index (χ3n) is 6.94. The molecule has 0 N–H and O–H groups in total. The van der Waals surface area contributed by atoms with E-state index in [0.29, 0.717) is 45.3 Å². The summed E-state index contributed by atoms with van der Waals surface area (Å²) in [6.07, 6.45) is 1.87. The number of aryl methyl sites for hydroxylation is 2. The predicted molar refractivity (Wildman–Crippen MR) is 137 cm³/mol. The molecule has 0 aliphatic carbocycles. The first-order valence-electron chi connectivity index (χ1n) is 12.6. The Hall–Kier alpha value is -3.61. The second-order valence-electron chi connectivity index (χ2n) is 9.60. The van der Waals surface area contributed by atoms with Crippen molar-refractivity contribution in [3.05, 3.63) is 83.2 Å². The highest BCUT2D eigenvalue weighted by molar-refractivity contribution is 5.78. The van der Waals surface area contributed by atoms with Gasteiger partial charge in [-0.15, -0.1) is 0 Å².